The number of carbonyl (C=O) groups excluding carboxylic acids is 1. The summed E-state index contributed by atoms with van der Waals surface area (Å²) in [6.45, 7) is 7.02. The lowest BCUT2D eigenvalue weighted by molar-refractivity contribution is -0.111. The van der Waals surface area contributed by atoms with E-state index < -0.39 is 5.54 Å². The van der Waals surface area contributed by atoms with E-state index in [1.807, 2.05) is 42.8 Å². The monoisotopic (exact) mass is 486 g/mol. The molecule has 0 aliphatic carbocycles. The zero-order chi connectivity index (χ0) is 25.4. The highest BCUT2D eigenvalue weighted by atomic mass is 19.1. The molecule has 1 amide bonds. The van der Waals surface area contributed by atoms with E-state index in [4.69, 9.17) is 10.5 Å². The number of nitrogens with one attached hydrogen (secondary N) is 2. The van der Waals surface area contributed by atoms with Crippen LogP contribution in [-0.2, 0) is 22.1 Å². The molecule has 0 saturated carbocycles. The summed E-state index contributed by atoms with van der Waals surface area (Å²) in [5.41, 5.74) is 10.7. The van der Waals surface area contributed by atoms with Gasteiger partial charge in [0.05, 0.1) is 29.8 Å². The minimum Gasteiger partial charge on any atom is -0.383 e. The average Bonchev–Trinajstić information content (AvgIpc) is 3.15. The van der Waals surface area contributed by atoms with Gasteiger partial charge in [0.15, 0.2) is 0 Å². The number of amides is 1. The van der Waals surface area contributed by atoms with Gasteiger partial charge in [-0.25, -0.2) is 14.4 Å². The molecule has 1 fully saturated rings. The highest BCUT2D eigenvalue weighted by Gasteiger charge is 2.41. The second kappa shape index (κ2) is 9.18. The maximum Gasteiger partial charge on any atom is 0.247 e. The number of rotatable bonds is 7. The van der Waals surface area contributed by atoms with E-state index in [0.29, 0.717) is 53.4 Å². The fraction of sp³-hybridized carbons (Fsp3) is 0.222. The van der Waals surface area contributed by atoms with Crippen molar-refractivity contribution in [2.75, 3.05) is 30.8 Å². The van der Waals surface area contributed by atoms with Crippen LogP contribution < -0.4 is 16.4 Å². The first kappa shape index (κ1) is 23.7. The van der Waals surface area contributed by atoms with Crippen molar-refractivity contribution in [3.63, 3.8) is 0 Å². The number of carbonyl (C=O) groups is 1. The van der Waals surface area contributed by atoms with Crippen LogP contribution in [-0.4, -0.2) is 40.2 Å². The summed E-state index contributed by atoms with van der Waals surface area (Å²) < 4.78 is 22.9. The van der Waals surface area contributed by atoms with Gasteiger partial charge in [0.25, 0.3) is 0 Å². The fourth-order valence-electron chi connectivity index (χ4n) is 4.86. The van der Waals surface area contributed by atoms with Crippen molar-refractivity contribution in [1.29, 1.82) is 0 Å². The number of hydrogen-bond donors (Lipinski definition) is 3. The second-order valence-corrected chi connectivity index (χ2v) is 8.81. The zero-order valence-electron chi connectivity index (χ0n) is 20.1. The first-order valence-corrected chi connectivity index (χ1v) is 11.6. The van der Waals surface area contributed by atoms with Gasteiger partial charge in [0, 0.05) is 23.9 Å². The summed E-state index contributed by atoms with van der Waals surface area (Å²) in [5, 5.41) is 6.77. The zero-order valence-corrected chi connectivity index (χ0v) is 20.1. The van der Waals surface area contributed by atoms with E-state index in [1.165, 1.54) is 18.5 Å². The van der Waals surface area contributed by atoms with Gasteiger partial charge in [-0.3, -0.25) is 4.79 Å². The third-order valence-electron chi connectivity index (χ3n) is 6.59. The van der Waals surface area contributed by atoms with Crippen LogP contribution in [0.2, 0.25) is 0 Å². The van der Waals surface area contributed by atoms with E-state index in [2.05, 4.69) is 27.2 Å². The molecule has 0 radical (unpaired) electrons. The molecule has 0 spiro atoms. The molecule has 9 heteroatoms. The van der Waals surface area contributed by atoms with Crippen LogP contribution in [0.4, 0.5) is 15.9 Å². The predicted octanol–water partition coefficient (Wildman–Crippen LogP) is 3.98. The van der Waals surface area contributed by atoms with Gasteiger partial charge < -0.3 is 25.7 Å². The highest BCUT2D eigenvalue weighted by molar-refractivity contribution is 6.08. The van der Waals surface area contributed by atoms with E-state index >= 15 is 4.39 Å². The Balaban J connectivity index is 1.67. The largest absolute Gasteiger partial charge is 0.383 e. The Hall–Kier alpha value is -4.08. The minimum atomic E-state index is -0.521. The first-order chi connectivity index (χ1) is 17.4. The molecule has 4 N–H and O–H groups in total. The standard InChI is InChI=1S/C27H27FN6O2/c1-4-21(35)33-18-9-6-16(7-10-18)24-22(23-25(29)30-15-31-26(23)34(24)3)17-8-11-19(20(28)12-17)27(32-5-2)13-36-14-27/h4,6-12,15,32H,1,5,13-14H2,2-3H3,(H,33,35)(H2,29,30,31). The number of likely N-dealkylation sites (N-methyl/N-ethyl adjacent to an activating group) is 1. The van der Waals surface area contributed by atoms with E-state index in [1.54, 1.807) is 12.1 Å². The van der Waals surface area contributed by atoms with Crippen LogP contribution in [0.5, 0.6) is 0 Å². The lowest BCUT2D eigenvalue weighted by Gasteiger charge is -2.42. The molecule has 0 bridgehead atoms. The molecule has 4 aromatic rings. The van der Waals surface area contributed by atoms with Crippen LogP contribution in [0.15, 0.2) is 61.4 Å². The summed E-state index contributed by atoms with van der Waals surface area (Å²) in [7, 11) is 1.89. The van der Waals surface area contributed by atoms with Gasteiger partial charge in [0.1, 0.15) is 23.6 Å². The van der Waals surface area contributed by atoms with Gasteiger partial charge in [-0.1, -0.05) is 37.8 Å². The predicted molar refractivity (Wildman–Crippen MR) is 139 cm³/mol. The minimum absolute atomic E-state index is 0.293. The number of hydrogen-bond acceptors (Lipinski definition) is 6. The number of ether oxygens (including phenoxy) is 1. The van der Waals surface area contributed by atoms with Gasteiger partial charge in [0.2, 0.25) is 5.91 Å². The lowest BCUT2D eigenvalue weighted by Crippen LogP contribution is -2.57. The molecule has 0 unspecified atom stereocenters. The molecule has 1 saturated heterocycles. The second-order valence-electron chi connectivity index (χ2n) is 8.81. The van der Waals surface area contributed by atoms with Crippen molar-refractivity contribution in [1.82, 2.24) is 19.9 Å². The van der Waals surface area contributed by atoms with Crippen molar-refractivity contribution >= 4 is 28.4 Å². The normalized spacial score (nSPS) is 14.4. The number of aryl methyl sites for hydroxylation is 1. The molecule has 36 heavy (non-hydrogen) atoms. The summed E-state index contributed by atoms with van der Waals surface area (Å²) in [6.07, 6.45) is 2.63. The van der Waals surface area contributed by atoms with Crippen LogP contribution in [0, 0.1) is 5.82 Å². The maximum atomic E-state index is 15.6. The number of nitrogen functional groups attached to an aromatic ring is 1. The molecular weight excluding hydrogens is 459 g/mol. The molecule has 5 rings (SSSR count). The van der Waals surface area contributed by atoms with Gasteiger partial charge >= 0.3 is 0 Å². The molecule has 2 aromatic heterocycles. The average molecular weight is 487 g/mol. The summed E-state index contributed by atoms with van der Waals surface area (Å²) in [5.74, 6) is -0.302. The molecule has 1 aliphatic rings. The van der Waals surface area contributed by atoms with E-state index in [9.17, 15) is 4.79 Å². The number of aromatic nitrogens is 3. The Morgan fingerprint density at radius 1 is 1.22 bits per heavy atom. The lowest BCUT2D eigenvalue weighted by atomic mass is 9.86. The topological polar surface area (TPSA) is 107 Å². The van der Waals surface area contributed by atoms with Crippen LogP contribution in [0.1, 0.15) is 12.5 Å². The highest BCUT2D eigenvalue weighted by Crippen LogP contribution is 2.43. The van der Waals surface area contributed by atoms with Crippen LogP contribution >= 0.6 is 0 Å². The molecule has 1 aliphatic heterocycles. The molecular formula is C27H27FN6O2. The summed E-state index contributed by atoms with van der Waals surface area (Å²) >= 11 is 0. The number of fused-ring (bicyclic) bond motifs is 1. The van der Waals surface area contributed by atoms with Crippen LogP contribution in [0.25, 0.3) is 33.4 Å². The number of benzene rings is 2. The van der Waals surface area contributed by atoms with Crippen molar-refractivity contribution in [3.05, 3.63) is 72.8 Å². The fourth-order valence-corrected chi connectivity index (χ4v) is 4.86. The Kier molecular flexibility index (Phi) is 6.03. The van der Waals surface area contributed by atoms with Gasteiger partial charge in [-0.05, 0) is 41.9 Å². The number of halogens is 1. The number of nitrogens with two attached hydrogens (primary N) is 1. The number of anilines is 2. The van der Waals surface area contributed by atoms with Gasteiger partial charge in [-0.15, -0.1) is 0 Å². The third kappa shape index (κ3) is 3.82. The smallest absolute Gasteiger partial charge is 0.247 e. The SMILES string of the molecule is C=CC(=O)Nc1ccc(-c2c(-c3ccc(C4(NCC)COC4)c(F)c3)c3c(N)ncnc3n2C)cc1. The first-order valence-electron chi connectivity index (χ1n) is 11.6. The Bertz CT molecular complexity index is 1470. The Morgan fingerprint density at radius 3 is 2.56 bits per heavy atom. The van der Waals surface area contributed by atoms with Crippen molar-refractivity contribution in [3.8, 4) is 22.4 Å². The van der Waals surface area contributed by atoms with Crippen LogP contribution in [0.3, 0.4) is 0 Å². The van der Waals surface area contributed by atoms with E-state index in [-0.39, 0.29) is 11.7 Å². The Morgan fingerprint density at radius 2 is 1.94 bits per heavy atom. The molecule has 0 atom stereocenters. The van der Waals surface area contributed by atoms with Crippen molar-refractivity contribution in [2.45, 2.75) is 12.5 Å². The molecule has 2 aromatic carbocycles. The van der Waals surface area contributed by atoms with E-state index in [0.717, 1.165) is 16.8 Å². The summed E-state index contributed by atoms with van der Waals surface area (Å²) in [4.78, 5) is 20.3. The van der Waals surface area contributed by atoms with Crippen molar-refractivity contribution in [2.24, 2.45) is 7.05 Å². The Labute approximate surface area is 208 Å². The van der Waals surface area contributed by atoms with Gasteiger partial charge in [-0.2, -0.15) is 0 Å². The number of nitrogens with zero attached hydrogens (tertiary/aromatic N) is 3. The maximum absolute atomic E-state index is 15.6. The molecule has 8 nitrogen and oxygen atoms in total. The van der Waals surface area contributed by atoms with Crippen molar-refractivity contribution < 1.29 is 13.9 Å². The summed E-state index contributed by atoms with van der Waals surface area (Å²) in [6, 6.07) is 12.6. The molecule has 184 valence electrons. The third-order valence-corrected chi connectivity index (χ3v) is 6.59. The quantitative estimate of drug-likeness (QED) is 0.341. The molecule has 3 heterocycles.